The Balaban J connectivity index is 1.99. The summed E-state index contributed by atoms with van der Waals surface area (Å²) in [5, 5.41) is 11.3. The first-order chi connectivity index (χ1) is 17.4. The molecule has 0 amide bonds. The van der Waals surface area contributed by atoms with E-state index in [0.29, 0.717) is 43.8 Å². The number of thioether (sulfide) groups is 1. The molecule has 8 nitrogen and oxygen atoms in total. The number of halogens is 1. The van der Waals surface area contributed by atoms with Crippen LogP contribution in [0.4, 0.5) is 5.69 Å². The number of carbonyl (C=O) groups is 2. The Hall–Kier alpha value is -3.24. The lowest BCUT2D eigenvalue weighted by atomic mass is 10.1. The van der Waals surface area contributed by atoms with Gasteiger partial charge in [0, 0.05) is 4.47 Å². The molecule has 1 N–H and O–H groups in total. The Kier molecular flexibility index (Phi) is 10.0. The van der Waals surface area contributed by atoms with E-state index in [9.17, 15) is 14.7 Å². The van der Waals surface area contributed by atoms with Crippen molar-refractivity contribution in [2.24, 2.45) is 4.99 Å². The van der Waals surface area contributed by atoms with Crippen LogP contribution >= 0.6 is 27.7 Å². The lowest BCUT2D eigenvalue weighted by Gasteiger charge is -2.14. The molecule has 1 heterocycles. The number of ether oxygens (including phenoxy) is 4. The van der Waals surface area contributed by atoms with Crippen LogP contribution < -0.4 is 9.47 Å². The number of aliphatic imine (C=N–C) groups is 1. The van der Waals surface area contributed by atoms with Crippen LogP contribution in [-0.4, -0.2) is 48.5 Å². The predicted octanol–water partition coefficient (Wildman–Crippen LogP) is 5.98. The van der Waals surface area contributed by atoms with Gasteiger partial charge in [-0.05, 0) is 56.7 Å². The molecule has 0 atom stereocenters. The maximum atomic E-state index is 12.6. The molecule has 0 bridgehead atoms. The molecule has 2 aromatic rings. The van der Waals surface area contributed by atoms with Crippen molar-refractivity contribution in [3.8, 4) is 11.5 Å². The van der Waals surface area contributed by atoms with Crippen molar-refractivity contribution >= 4 is 56.4 Å². The number of carbonyl (C=O) groups excluding carboxylic acids is 2. The minimum atomic E-state index is -0.655. The van der Waals surface area contributed by atoms with Crippen molar-refractivity contribution in [1.29, 1.82) is 0 Å². The zero-order valence-corrected chi connectivity index (χ0v) is 22.5. The second-order valence-corrected chi connectivity index (χ2v) is 9.04. The number of rotatable bonds is 10. The monoisotopic (exact) mass is 575 g/mol. The van der Waals surface area contributed by atoms with Crippen LogP contribution in [-0.2, 0) is 19.1 Å². The third kappa shape index (κ3) is 6.92. The van der Waals surface area contributed by atoms with Gasteiger partial charge < -0.3 is 24.1 Å². The van der Waals surface area contributed by atoms with Gasteiger partial charge >= 0.3 is 11.9 Å². The van der Waals surface area contributed by atoms with Gasteiger partial charge in [-0.15, -0.1) is 0 Å². The van der Waals surface area contributed by atoms with Crippen LogP contribution in [0.15, 0.2) is 68.2 Å². The molecule has 2 aromatic carbocycles. The summed E-state index contributed by atoms with van der Waals surface area (Å²) in [6.45, 7) is 5.77. The summed E-state index contributed by atoms with van der Waals surface area (Å²) in [5.74, 6) is -0.599. The standard InChI is InChI=1S/C26H26BrNO7S/c1-4-32-19-12-16(18(27)14-20(19)35-15-22(29)33-5-2)13-21-24(30)23(26(31)34-6-3)25(36-21)28-17-10-8-7-9-11-17/h7-14,30H,4-6,15H2,1-3H3/b21-13-,28-25?. The Morgan fingerprint density at radius 1 is 1.00 bits per heavy atom. The molecule has 0 spiro atoms. The molecule has 190 valence electrons. The molecule has 0 saturated carbocycles. The predicted molar refractivity (Wildman–Crippen MR) is 143 cm³/mol. The van der Waals surface area contributed by atoms with Gasteiger partial charge in [-0.25, -0.2) is 14.6 Å². The first-order valence-corrected chi connectivity index (χ1v) is 12.9. The van der Waals surface area contributed by atoms with Gasteiger partial charge in [-0.2, -0.15) is 0 Å². The fourth-order valence-corrected chi connectivity index (χ4v) is 4.60. The fourth-order valence-electron chi connectivity index (χ4n) is 3.13. The minimum Gasteiger partial charge on any atom is -0.506 e. The summed E-state index contributed by atoms with van der Waals surface area (Å²) in [6.07, 6.45) is 1.70. The maximum absolute atomic E-state index is 12.6. The van der Waals surface area contributed by atoms with E-state index in [1.54, 1.807) is 44.2 Å². The molecule has 0 aromatic heterocycles. The van der Waals surface area contributed by atoms with E-state index in [1.165, 1.54) is 0 Å². The highest BCUT2D eigenvalue weighted by molar-refractivity contribution is 9.10. The van der Waals surface area contributed by atoms with Gasteiger partial charge in [0.25, 0.3) is 0 Å². The summed E-state index contributed by atoms with van der Waals surface area (Å²) in [5.41, 5.74) is 1.30. The lowest BCUT2D eigenvalue weighted by molar-refractivity contribution is -0.145. The topological polar surface area (TPSA) is 104 Å². The maximum Gasteiger partial charge on any atom is 0.344 e. The summed E-state index contributed by atoms with van der Waals surface area (Å²) < 4.78 is 22.0. The Bertz CT molecular complexity index is 1210. The highest BCUT2D eigenvalue weighted by atomic mass is 79.9. The number of aliphatic hydroxyl groups excluding tert-OH is 1. The molecule has 0 fully saturated rings. The Morgan fingerprint density at radius 2 is 1.69 bits per heavy atom. The van der Waals surface area contributed by atoms with Crippen molar-refractivity contribution < 1.29 is 33.6 Å². The van der Waals surface area contributed by atoms with E-state index in [-0.39, 0.29) is 31.2 Å². The number of aliphatic hydroxyl groups is 1. The zero-order valence-electron chi connectivity index (χ0n) is 20.1. The van der Waals surface area contributed by atoms with Crippen LogP contribution in [0, 0.1) is 0 Å². The van der Waals surface area contributed by atoms with Gasteiger partial charge in [0.1, 0.15) is 16.4 Å². The quantitative estimate of drug-likeness (QED) is 0.345. The van der Waals surface area contributed by atoms with E-state index >= 15 is 0 Å². The zero-order chi connectivity index (χ0) is 26.1. The Labute approximate surface area is 222 Å². The van der Waals surface area contributed by atoms with Crippen LogP contribution in [0.5, 0.6) is 11.5 Å². The van der Waals surface area contributed by atoms with Crippen molar-refractivity contribution in [1.82, 2.24) is 0 Å². The lowest BCUT2D eigenvalue weighted by Crippen LogP contribution is -2.15. The molecular formula is C26H26BrNO7S. The van der Waals surface area contributed by atoms with Gasteiger partial charge in [0.05, 0.1) is 30.4 Å². The van der Waals surface area contributed by atoms with Crippen molar-refractivity contribution in [3.63, 3.8) is 0 Å². The summed E-state index contributed by atoms with van der Waals surface area (Å²) in [6, 6.07) is 12.5. The molecule has 0 unspecified atom stereocenters. The first kappa shape index (κ1) is 27.3. The molecule has 0 radical (unpaired) electrons. The van der Waals surface area contributed by atoms with E-state index in [2.05, 4.69) is 20.9 Å². The second-order valence-electron chi connectivity index (χ2n) is 7.15. The summed E-state index contributed by atoms with van der Waals surface area (Å²) in [4.78, 5) is 29.3. The van der Waals surface area contributed by atoms with E-state index in [1.807, 2.05) is 25.1 Å². The molecule has 1 aliphatic rings. The number of para-hydroxylation sites is 1. The number of hydrogen-bond acceptors (Lipinski definition) is 9. The number of hydrogen-bond donors (Lipinski definition) is 1. The number of esters is 2. The largest absolute Gasteiger partial charge is 0.506 e. The first-order valence-electron chi connectivity index (χ1n) is 11.3. The Morgan fingerprint density at radius 3 is 2.36 bits per heavy atom. The van der Waals surface area contributed by atoms with E-state index in [4.69, 9.17) is 18.9 Å². The van der Waals surface area contributed by atoms with Gasteiger partial charge in [0.15, 0.2) is 18.1 Å². The second kappa shape index (κ2) is 13.2. The van der Waals surface area contributed by atoms with Crippen LogP contribution in [0.25, 0.3) is 6.08 Å². The highest BCUT2D eigenvalue weighted by Crippen LogP contribution is 2.42. The van der Waals surface area contributed by atoms with Gasteiger partial charge in [0.2, 0.25) is 0 Å². The van der Waals surface area contributed by atoms with Crippen LogP contribution in [0.1, 0.15) is 26.3 Å². The third-order valence-corrected chi connectivity index (χ3v) is 6.36. The minimum absolute atomic E-state index is 0.00694. The number of nitrogens with zero attached hydrogens (tertiary/aromatic N) is 1. The van der Waals surface area contributed by atoms with Crippen molar-refractivity contribution in [3.05, 3.63) is 68.7 Å². The van der Waals surface area contributed by atoms with Gasteiger partial charge in [-0.3, -0.25) is 0 Å². The summed E-state index contributed by atoms with van der Waals surface area (Å²) >= 11 is 4.66. The number of benzene rings is 2. The molecule has 3 rings (SSSR count). The molecule has 36 heavy (non-hydrogen) atoms. The molecule has 0 saturated heterocycles. The fraction of sp³-hybridized carbons (Fsp3) is 0.269. The van der Waals surface area contributed by atoms with E-state index in [0.717, 1.165) is 11.8 Å². The molecule has 1 aliphatic heterocycles. The average molecular weight is 576 g/mol. The SMILES string of the molecule is CCOC(=O)COc1cc(Br)c(/C=C2\SC(=Nc3ccccc3)C(C(=O)OCC)=C2O)cc1OCC. The normalized spacial score (nSPS) is 15.3. The van der Waals surface area contributed by atoms with Gasteiger partial charge in [-0.1, -0.05) is 45.9 Å². The van der Waals surface area contributed by atoms with Crippen LogP contribution in [0.3, 0.4) is 0 Å². The third-order valence-electron chi connectivity index (χ3n) is 4.66. The van der Waals surface area contributed by atoms with Crippen molar-refractivity contribution in [2.75, 3.05) is 26.4 Å². The molecule has 10 heteroatoms. The summed E-state index contributed by atoms with van der Waals surface area (Å²) in [7, 11) is 0. The average Bonchev–Trinajstić information content (AvgIpc) is 3.15. The van der Waals surface area contributed by atoms with E-state index < -0.39 is 11.9 Å². The highest BCUT2D eigenvalue weighted by Gasteiger charge is 2.33. The smallest absolute Gasteiger partial charge is 0.344 e. The van der Waals surface area contributed by atoms with Crippen LogP contribution in [0.2, 0.25) is 0 Å². The van der Waals surface area contributed by atoms with Crippen molar-refractivity contribution in [2.45, 2.75) is 20.8 Å². The molecular weight excluding hydrogens is 550 g/mol. The molecule has 0 aliphatic carbocycles.